The molecule has 0 spiro atoms. The SMILES string of the molecule is CN1CCCC(N2CCN(c3ccnc4ccc(Cl)cc34)CC2)C1. The number of nitrogens with zero attached hydrogens (tertiary/aromatic N) is 4. The molecule has 2 aliphatic heterocycles. The Labute approximate surface area is 149 Å². The summed E-state index contributed by atoms with van der Waals surface area (Å²) in [5.74, 6) is 0. The third kappa shape index (κ3) is 3.23. The quantitative estimate of drug-likeness (QED) is 0.835. The van der Waals surface area contributed by atoms with Crippen LogP contribution in [0.4, 0.5) is 5.69 Å². The molecule has 3 heterocycles. The molecule has 1 aromatic carbocycles. The van der Waals surface area contributed by atoms with E-state index in [0.29, 0.717) is 0 Å². The van der Waals surface area contributed by atoms with E-state index in [1.807, 2.05) is 24.4 Å². The molecule has 2 saturated heterocycles. The third-order valence-corrected chi connectivity index (χ3v) is 5.69. The fourth-order valence-corrected chi connectivity index (χ4v) is 4.32. The molecular weight excluding hydrogens is 320 g/mol. The first-order valence-corrected chi connectivity index (χ1v) is 9.30. The fourth-order valence-electron chi connectivity index (χ4n) is 4.14. The molecule has 1 atom stereocenters. The highest BCUT2D eigenvalue weighted by Crippen LogP contribution is 2.29. The highest BCUT2D eigenvalue weighted by atomic mass is 35.5. The van der Waals surface area contributed by atoms with Crippen LogP contribution in [0.3, 0.4) is 0 Å². The van der Waals surface area contributed by atoms with E-state index in [2.05, 4.69) is 32.8 Å². The van der Waals surface area contributed by atoms with E-state index >= 15 is 0 Å². The predicted octanol–water partition coefficient (Wildman–Crippen LogP) is 3.10. The van der Waals surface area contributed by atoms with E-state index in [9.17, 15) is 0 Å². The average Bonchev–Trinajstić information content (AvgIpc) is 2.61. The maximum Gasteiger partial charge on any atom is 0.0723 e. The Morgan fingerprint density at radius 2 is 1.92 bits per heavy atom. The standard InChI is InChI=1S/C19H25ClN4/c1-22-8-2-3-16(14-22)23-9-11-24(12-10-23)19-6-7-21-18-5-4-15(20)13-17(18)19/h4-7,13,16H,2-3,8-12,14H2,1H3. The molecule has 0 radical (unpaired) electrons. The number of rotatable bonds is 2. The van der Waals surface area contributed by atoms with Gasteiger partial charge in [0.1, 0.15) is 0 Å². The van der Waals surface area contributed by atoms with Gasteiger partial charge in [0.05, 0.1) is 5.52 Å². The van der Waals surface area contributed by atoms with Gasteiger partial charge in [-0.1, -0.05) is 11.6 Å². The van der Waals surface area contributed by atoms with Crippen molar-refractivity contribution in [1.29, 1.82) is 0 Å². The second kappa shape index (κ2) is 6.87. The highest BCUT2D eigenvalue weighted by Gasteiger charge is 2.27. The zero-order chi connectivity index (χ0) is 16.5. The molecule has 1 aromatic heterocycles. The van der Waals surface area contributed by atoms with E-state index < -0.39 is 0 Å². The molecule has 0 saturated carbocycles. The number of pyridine rings is 1. The fraction of sp³-hybridized carbons (Fsp3) is 0.526. The van der Waals surface area contributed by atoms with E-state index in [0.717, 1.165) is 48.1 Å². The van der Waals surface area contributed by atoms with Crippen LogP contribution in [0.5, 0.6) is 0 Å². The maximum absolute atomic E-state index is 6.21. The van der Waals surface area contributed by atoms with Crippen LogP contribution in [0.25, 0.3) is 10.9 Å². The molecule has 0 bridgehead atoms. The van der Waals surface area contributed by atoms with Crippen molar-refractivity contribution in [2.24, 2.45) is 0 Å². The molecular formula is C19H25ClN4. The Bertz CT molecular complexity index is 712. The highest BCUT2D eigenvalue weighted by molar-refractivity contribution is 6.31. The summed E-state index contributed by atoms with van der Waals surface area (Å²) < 4.78 is 0. The lowest BCUT2D eigenvalue weighted by Gasteiger charge is -2.43. The van der Waals surface area contributed by atoms with Crippen molar-refractivity contribution in [1.82, 2.24) is 14.8 Å². The zero-order valence-electron chi connectivity index (χ0n) is 14.3. The smallest absolute Gasteiger partial charge is 0.0723 e. The normalized spacial score (nSPS) is 23.8. The molecule has 24 heavy (non-hydrogen) atoms. The number of piperazine rings is 1. The Morgan fingerprint density at radius 3 is 2.71 bits per heavy atom. The van der Waals surface area contributed by atoms with Crippen LogP contribution in [0.15, 0.2) is 30.5 Å². The molecule has 4 nitrogen and oxygen atoms in total. The van der Waals surface area contributed by atoms with E-state index in [1.165, 1.54) is 31.6 Å². The average molecular weight is 345 g/mol. The number of fused-ring (bicyclic) bond motifs is 1. The van der Waals surface area contributed by atoms with E-state index in [1.54, 1.807) is 0 Å². The number of aromatic nitrogens is 1. The van der Waals surface area contributed by atoms with Crippen LogP contribution in [-0.2, 0) is 0 Å². The van der Waals surface area contributed by atoms with Crippen LogP contribution < -0.4 is 4.90 Å². The molecule has 2 aliphatic rings. The molecule has 2 aromatic rings. The van der Waals surface area contributed by atoms with Gasteiger partial charge in [-0.05, 0) is 50.7 Å². The number of hydrogen-bond acceptors (Lipinski definition) is 4. The first-order valence-electron chi connectivity index (χ1n) is 8.92. The summed E-state index contributed by atoms with van der Waals surface area (Å²) in [7, 11) is 2.25. The Kier molecular flexibility index (Phi) is 4.61. The second-order valence-corrected chi connectivity index (χ2v) is 7.51. The van der Waals surface area contributed by atoms with Gasteiger partial charge >= 0.3 is 0 Å². The topological polar surface area (TPSA) is 22.6 Å². The van der Waals surface area contributed by atoms with Crippen molar-refractivity contribution in [3.63, 3.8) is 0 Å². The van der Waals surface area contributed by atoms with Crippen molar-refractivity contribution in [2.45, 2.75) is 18.9 Å². The van der Waals surface area contributed by atoms with Gasteiger partial charge in [-0.3, -0.25) is 9.88 Å². The summed E-state index contributed by atoms with van der Waals surface area (Å²) in [5, 5.41) is 1.94. The third-order valence-electron chi connectivity index (χ3n) is 5.45. The van der Waals surface area contributed by atoms with Crippen molar-refractivity contribution in [3.05, 3.63) is 35.5 Å². The summed E-state index contributed by atoms with van der Waals surface area (Å²) in [5.41, 5.74) is 2.29. The van der Waals surface area contributed by atoms with Gasteiger partial charge in [0, 0.05) is 61.1 Å². The van der Waals surface area contributed by atoms with E-state index in [-0.39, 0.29) is 0 Å². The van der Waals surface area contributed by atoms with Gasteiger partial charge in [-0.2, -0.15) is 0 Å². The Hall–Kier alpha value is -1.36. The molecule has 0 aliphatic carbocycles. The number of likely N-dealkylation sites (tertiary alicyclic amines) is 1. The first-order chi connectivity index (χ1) is 11.7. The predicted molar refractivity (Wildman–Crippen MR) is 101 cm³/mol. The monoisotopic (exact) mass is 344 g/mol. The summed E-state index contributed by atoms with van der Waals surface area (Å²) in [6.45, 7) is 6.90. The minimum atomic E-state index is 0.731. The van der Waals surface area contributed by atoms with Gasteiger partial charge in [0.2, 0.25) is 0 Å². The van der Waals surface area contributed by atoms with Gasteiger partial charge in [-0.25, -0.2) is 0 Å². The van der Waals surface area contributed by atoms with Crippen molar-refractivity contribution >= 4 is 28.2 Å². The number of benzene rings is 1. The summed E-state index contributed by atoms with van der Waals surface area (Å²) >= 11 is 6.21. The largest absolute Gasteiger partial charge is 0.368 e. The molecule has 0 amide bonds. The van der Waals surface area contributed by atoms with Crippen LogP contribution in [-0.4, -0.2) is 67.1 Å². The zero-order valence-corrected chi connectivity index (χ0v) is 15.0. The number of hydrogen-bond donors (Lipinski definition) is 0. The molecule has 5 heteroatoms. The van der Waals surface area contributed by atoms with Crippen LogP contribution >= 0.6 is 11.6 Å². The first kappa shape index (κ1) is 16.1. The number of piperidine rings is 1. The van der Waals surface area contributed by atoms with Crippen LogP contribution in [0, 0.1) is 0 Å². The second-order valence-electron chi connectivity index (χ2n) is 7.07. The molecule has 128 valence electrons. The minimum Gasteiger partial charge on any atom is -0.368 e. The number of anilines is 1. The lowest BCUT2D eigenvalue weighted by atomic mass is 10.0. The summed E-state index contributed by atoms with van der Waals surface area (Å²) in [4.78, 5) is 12.1. The molecule has 4 rings (SSSR count). The van der Waals surface area contributed by atoms with Crippen molar-refractivity contribution < 1.29 is 0 Å². The number of halogens is 1. The van der Waals surface area contributed by atoms with Crippen molar-refractivity contribution in [3.8, 4) is 0 Å². The van der Waals surface area contributed by atoms with Gasteiger partial charge < -0.3 is 9.80 Å². The van der Waals surface area contributed by atoms with Crippen LogP contribution in [0.2, 0.25) is 5.02 Å². The molecule has 2 fully saturated rings. The van der Waals surface area contributed by atoms with E-state index in [4.69, 9.17) is 11.6 Å². The summed E-state index contributed by atoms with van der Waals surface area (Å²) in [6, 6.07) is 8.83. The van der Waals surface area contributed by atoms with Gasteiger partial charge in [-0.15, -0.1) is 0 Å². The molecule has 1 unspecified atom stereocenters. The Morgan fingerprint density at radius 1 is 1.08 bits per heavy atom. The van der Waals surface area contributed by atoms with Crippen molar-refractivity contribution in [2.75, 3.05) is 51.2 Å². The van der Waals surface area contributed by atoms with Crippen LogP contribution in [0.1, 0.15) is 12.8 Å². The lowest BCUT2D eigenvalue weighted by Crippen LogP contribution is -2.54. The Balaban J connectivity index is 1.49. The minimum absolute atomic E-state index is 0.731. The van der Waals surface area contributed by atoms with Gasteiger partial charge in [0.15, 0.2) is 0 Å². The molecule has 0 N–H and O–H groups in total. The summed E-state index contributed by atoms with van der Waals surface area (Å²) in [6.07, 6.45) is 4.58. The maximum atomic E-state index is 6.21. The lowest BCUT2D eigenvalue weighted by molar-refractivity contribution is 0.107. The van der Waals surface area contributed by atoms with Gasteiger partial charge in [0.25, 0.3) is 0 Å². The number of likely N-dealkylation sites (N-methyl/N-ethyl adjacent to an activating group) is 1.